The second kappa shape index (κ2) is 9.57. The van der Waals surface area contributed by atoms with Crippen molar-refractivity contribution < 1.29 is 32.3 Å². The van der Waals surface area contributed by atoms with Crippen molar-refractivity contribution in [3.63, 3.8) is 0 Å². The van der Waals surface area contributed by atoms with Gasteiger partial charge in [-0.25, -0.2) is 9.78 Å². The number of ether oxygens (including phenoxy) is 1. The first kappa shape index (κ1) is 26.5. The van der Waals surface area contributed by atoms with Crippen LogP contribution in [-0.2, 0) is 6.18 Å². The number of carboxylic acid groups (broad SMARTS) is 1. The normalized spacial score (nSPS) is 18.4. The predicted octanol–water partition coefficient (Wildman–Crippen LogP) is 6.82. The van der Waals surface area contributed by atoms with E-state index in [1.165, 1.54) is 19.4 Å². The van der Waals surface area contributed by atoms with Crippen LogP contribution in [0.25, 0.3) is 28.2 Å². The predicted molar refractivity (Wildman–Crippen MR) is 148 cm³/mol. The Kier molecular flexibility index (Phi) is 6.04. The number of halogens is 3. The second-order valence-corrected chi connectivity index (χ2v) is 11.6. The highest BCUT2D eigenvalue weighted by molar-refractivity contribution is 5.94. The van der Waals surface area contributed by atoms with Crippen LogP contribution in [0.4, 0.5) is 18.9 Å². The van der Waals surface area contributed by atoms with Crippen LogP contribution in [-0.4, -0.2) is 46.4 Å². The Balaban J connectivity index is 1.06. The number of nitrogens with zero attached hydrogens (tertiary/aromatic N) is 4. The van der Waals surface area contributed by atoms with Crippen molar-refractivity contribution in [2.75, 3.05) is 25.1 Å². The highest BCUT2D eigenvalue weighted by Gasteiger charge is 2.51. The molecule has 1 aromatic carbocycles. The average molecular weight is 577 g/mol. The number of aromatic nitrogens is 3. The van der Waals surface area contributed by atoms with E-state index in [1.54, 1.807) is 0 Å². The van der Waals surface area contributed by atoms with Gasteiger partial charge in [0, 0.05) is 65.1 Å². The van der Waals surface area contributed by atoms with E-state index in [0.29, 0.717) is 28.5 Å². The minimum Gasteiger partial charge on any atom is -0.496 e. The van der Waals surface area contributed by atoms with Gasteiger partial charge in [-0.3, -0.25) is 4.98 Å². The zero-order valence-electron chi connectivity index (χ0n) is 22.7. The number of pyridine rings is 2. The van der Waals surface area contributed by atoms with E-state index in [-0.39, 0.29) is 28.3 Å². The largest absolute Gasteiger partial charge is 0.496 e. The van der Waals surface area contributed by atoms with Gasteiger partial charge < -0.3 is 19.3 Å². The Morgan fingerprint density at radius 3 is 2.67 bits per heavy atom. The fourth-order valence-electron chi connectivity index (χ4n) is 6.42. The number of hydrogen-bond acceptors (Lipinski definition) is 7. The van der Waals surface area contributed by atoms with Gasteiger partial charge in [0.25, 0.3) is 0 Å². The van der Waals surface area contributed by atoms with Crippen molar-refractivity contribution >= 4 is 28.6 Å². The highest BCUT2D eigenvalue weighted by Crippen LogP contribution is 2.54. The summed E-state index contributed by atoms with van der Waals surface area (Å²) >= 11 is 0. The van der Waals surface area contributed by atoms with Crippen LogP contribution in [0.2, 0.25) is 0 Å². The summed E-state index contributed by atoms with van der Waals surface area (Å²) in [6.07, 6.45) is 5.66. The first-order valence-corrected chi connectivity index (χ1v) is 13.8. The first-order valence-electron chi connectivity index (χ1n) is 13.8. The molecule has 3 aromatic heterocycles. The Bertz CT molecular complexity index is 1730. The van der Waals surface area contributed by atoms with Crippen molar-refractivity contribution in [3.05, 3.63) is 71.4 Å². The summed E-state index contributed by atoms with van der Waals surface area (Å²) in [6, 6.07) is 8.15. The molecule has 0 atom stereocenters. The van der Waals surface area contributed by atoms with E-state index in [2.05, 4.69) is 26.1 Å². The van der Waals surface area contributed by atoms with Gasteiger partial charge in [-0.2, -0.15) is 13.2 Å². The van der Waals surface area contributed by atoms with E-state index in [9.17, 15) is 23.1 Å². The van der Waals surface area contributed by atoms with Gasteiger partial charge in [0.1, 0.15) is 17.2 Å². The topological polar surface area (TPSA) is 102 Å². The Hall–Kier alpha value is -4.41. The standard InChI is InChI=1S/C31H27F3N4O4/c1-41-26-11-25(29(39)40)36-24-7-5-19(10-21(24)26)38-15-30(16-38)12-17(13-30)2-6-20-27(37-42-28(20)18-3-4-18)22-14-35-9-8-23(22)31(32,33)34/h2,5-11,14,17-18H,3-4,12-13,15-16H2,1H3,(H,39,40). The van der Waals surface area contributed by atoms with Gasteiger partial charge in [0.15, 0.2) is 5.69 Å². The van der Waals surface area contributed by atoms with Crippen LogP contribution in [0, 0.1) is 11.3 Å². The molecule has 4 aromatic rings. The number of aromatic carboxylic acids is 1. The van der Waals surface area contributed by atoms with E-state index < -0.39 is 17.7 Å². The number of rotatable bonds is 7. The molecule has 1 spiro atoms. The number of fused-ring (bicyclic) bond motifs is 1. The lowest BCUT2D eigenvalue weighted by atomic mass is 9.57. The summed E-state index contributed by atoms with van der Waals surface area (Å²) in [7, 11) is 1.51. The molecule has 42 heavy (non-hydrogen) atoms. The third-order valence-electron chi connectivity index (χ3n) is 8.62. The monoisotopic (exact) mass is 576 g/mol. The number of anilines is 1. The lowest BCUT2D eigenvalue weighted by Gasteiger charge is -2.59. The molecular formula is C31H27F3N4O4. The molecule has 0 amide bonds. The molecule has 1 saturated heterocycles. The van der Waals surface area contributed by atoms with E-state index in [0.717, 1.165) is 62.1 Å². The maximum atomic E-state index is 13.7. The van der Waals surface area contributed by atoms with Crippen LogP contribution in [0.5, 0.6) is 5.75 Å². The number of alkyl halides is 3. The molecule has 0 radical (unpaired) electrons. The Morgan fingerprint density at radius 2 is 1.98 bits per heavy atom. The van der Waals surface area contributed by atoms with Crippen molar-refractivity contribution in [1.29, 1.82) is 0 Å². The molecule has 1 N–H and O–H groups in total. The Labute approximate surface area is 238 Å². The van der Waals surface area contributed by atoms with Crippen LogP contribution in [0.15, 0.2) is 53.3 Å². The van der Waals surface area contributed by atoms with E-state index in [1.807, 2.05) is 24.3 Å². The lowest BCUT2D eigenvalue weighted by molar-refractivity contribution is -0.137. The molecule has 4 heterocycles. The molecule has 0 bridgehead atoms. The molecular weight excluding hydrogens is 549 g/mol. The zero-order chi connectivity index (χ0) is 29.2. The summed E-state index contributed by atoms with van der Waals surface area (Å²) in [6.45, 7) is 1.78. The molecule has 2 aliphatic carbocycles. The fraction of sp³-hybridized carbons (Fsp3) is 0.355. The molecule has 3 aliphatic rings. The number of carboxylic acids is 1. The van der Waals surface area contributed by atoms with Crippen molar-refractivity contribution in [3.8, 4) is 17.0 Å². The first-order chi connectivity index (χ1) is 20.1. The molecule has 1 aliphatic heterocycles. The smallest absolute Gasteiger partial charge is 0.417 e. The lowest BCUT2D eigenvalue weighted by Crippen LogP contribution is -2.62. The zero-order valence-corrected chi connectivity index (χ0v) is 22.7. The van der Waals surface area contributed by atoms with Crippen molar-refractivity contribution in [1.82, 2.24) is 15.1 Å². The van der Waals surface area contributed by atoms with Gasteiger partial charge in [0.2, 0.25) is 0 Å². The average Bonchev–Trinajstić information content (AvgIpc) is 3.69. The molecule has 8 nitrogen and oxygen atoms in total. The number of allylic oxidation sites excluding steroid dienone is 1. The van der Waals surface area contributed by atoms with Gasteiger partial charge in [-0.15, -0.1) is 0 Å². The quantitative estimate of drug-likeness (QED) is 0.256. The van der Waals surface area contributed by atoms with Crippen LogP contribution >= 0.6 is 0 Å². The minimum absolute atomic E-state index is 0.0626. The van der Waals surface area contributed by atoms with Gasteiger partial charge >= 0.3 is 12.1 Å². The summed E-state index contributed by atoms with van der Waals surface area (Å²) < 4.78 is 52.2. The maximum Gasteiger partial charge on any atom is 0.417 e. The third kappa shape index (κ3) is 4.56. The second-order valence-electron chi connectivity index (χ2n) is 11.6. The third-order valence-corrected chi connectivity index (χ3v) is 8.62. The van der Waals surface area contributed by atoms with Crippen LogP contribution in [0.3, 0.4) is 0 Å². The number of methoxy groups -OCH3 is 1. The maximum absolute atomic E-state index is 13.7. The molecule has 0 unspecified atom stereocenters. The summed E-state index contributed by atoms with van der Waals surface area (Å²) in [5, 5.41) is 14.2. The van der Waals surface area contributed by atoms with Crippen molar-refractivity contribution in [2.24, 2.45) is 11.3 Å². The minimum atomic E-state index is -4.53. The number of carbonyl (C=O) groups is 1. The molecule has 3 fully saturated rings. The number of benzene rings is 1. The van der Waals surface area contributed by atoms with Gasteiger partial charge in [-0.1, -0.05) is 17.3 Å². The van der Waals surface area contributed by atoms with Gasteiger partial charge in [-0.05, 0) is 55.9 Å². The molecule has 216 valence electrons. The number of hydrogen-bond donors (Lipinski definition) is 1. The molecule has 2 saturated carbocycles. The Morgan fingerprint density at radius 1 is 1.19 bits per heavy atom. The van der Waals surface area contributed by atoms with Crippen LogP contribution < -0.4 is 9.64 Å². The summed E-state index contributed by atoms with van der Waals surface area (Å²) in [5.74, 6) is 0.517. The summed E-state index contributed by atoms with van der Waals surface area (Å²) in [4.78, 5) is 21.8. The highest BCUT2D eigenvalue weighted by atomic mass is 19.4. The molecule has 7 rings (SSSR count). The van der Waals surface area contributed by atoms with E-state index in [4.69, 9.17) is 9.26 Å². The summed E-state index contributed by atoms with van der Waals surface area (Å²) in [5.41, 5.74) is 1.69. The SMILES string of the molecule is COc1cc(C(=O)O)nc2ccc(N3CC4(CC(C=Cc5c(-c6cnccc6C(F)(F)F)noc5C5CC5)C4)C3)cc12. The van der Waals surface area contributed by atoms with Gasteiger partial charge in [0.05, 0.1) is 18.2 Å². The van der Waals surface area contributed by atoms with E-state index >= 15 is 0 Å². The van der Waals surface area contributed by atoms with Crippen molar-refractivity contribution in [2.45, 2.75) is 37.8 Å². The van der Waals surface area contributed by atoms with Crippen LogP contribution in [0.1, 0.15) is 59.0 Å². The molecule has 11 heteroatoms. The fourth-order valence-corrected chi connectivity index (χ4v) is 6.42.